The third-order valence-electron chi connectivity index (χ3n) is 3.46. The molecule has 0 amide bonds. The number of benzene rings is 1. The lowest BCUT2D eigenvalue weighted by Gasteiger charge is -2.22. The Morgan fingerprint density at radius 1 is 1.25 bits per heavy atom. The molecule has 1 aliphatic rings. The maximum Gasteiger partial charge on any atom is 0.243 e. The van der Waals surface area contributed by atoms with E-state index in [1.165, 1.54) is 23.1 Å². The maximum atomic E-state index is 12.5. The Balaban J connectivity index is 2.25. The Labute approximate surface area is 124 Å². The second-order valence-corrected chi connectivity index (χ2v) is 9.86. The summed E-state index contributed by atoms with van der Waals surface area (Å²) in [6.45, 7) is 0. The van der Waals surface area contributed by atoms with Crippen molar-refractivity contribution in [2.45, 2.75) is 22.3 Å². The van der Waals surface area contributed by atoms with Crippen molar-refractivity contribution in [1.29, 1.82) is 0 Å². The second-order valence-electron chi connectivity index (χ2n) is 4.75. The summed E-state index contributed by atoms with van der Waals surface area (Å²) in [5.74, 6) is -0.0332. The van der Waals surface area contributed by atoms with Crippen LogP contribution in [-0.4, -0.2) is 52.0 Å². The van der Waals surface area contributed by atoms with Gasteiger partial charge in [-0.3, -0.25) is 0 Å². The molecule has 0 N–H and O–H groups in total. The molecular weight excluding hydrogens is 318 g/mol. The van der Waals surface area contributed by atoms with Gasteiger partial charge in [-0.2, -0.15) is 4.31 Å². The molecule has 112 valence electrons. The minimum Gasteiger partial charge on any atom is -0.229 e. The predicted octanol–water partition coefficient (Wildman–Crippen LogP) is 1.22. The number of hydrogen-bond donors (Lipinski definition) is 0. The molecule has 0 bridgehead atoms. The third-order valence-corrected chi connectivity index (χ3v) is 7.88. The average molecular weight is 335 g/mol. The zero-order chi connectivity index (χ0) is 15.0. The molecule has 0 aliphatic carbocycles. The third kappa shape index (κ3) is 3.19. The van der Waals surface area contributed by atoms with E-state index >= 15 is 0 Å². The first kappa shape index (κ1) is 15.8. The molecular formula is C12H17NO4S3. The molecule has 1 fully saturated rings. The lowest BCUT2D eigenvalue weighted by molar-refractivity contribution is 0.394. The SMILES string of the molecule is CSc1ccc(S(=O)(=O)N(C)C2CCS(=O)(=O)C2)cc1. The summed E-state index contributed by atoms with van der Waals surface area (Å²) >= 11 is 1.53. The highest BCUT2D eigenvalue weighted by Crippen LogP contribution is 2.24. The van der Waals surface area contributed by atoms with Gasteiger partial charge < -0.3 is 0 Å². The Hall–Kier alpha value is -0.570. The quantitative estimate of drug-likeness (QED) is 0.774. The maximum absolute atomic E-state index is 12.5. The summed E-state index contributed by atoms with van der Waals surface area (Å²) in [5, 5.41) is 0. The first-order valence-electron chi connectivity index (χ1n) is 6.09. The number of thioether (sulfide) groups is 1. The molecule has 1 aromatic carbocycles. The van der Waals surface area contributed by atoms with Gasteiger partial charge in [0.05, 0.1) is 16.4 Å². The molecule has 0 saturated carbocycles. The van der Waals surface area contributed by atoms with E-state index in [9.17, 15) is 16.8 Å². The van der Waals surface area contributed by atoms with Crippen LogP contribution in [0.1, 0.15) is 6.42 Å². The minimum absolute atomic E-state index is 0.0585. The van der Waals surface area contributed by atoms with Gasteiger partial charge in [0.25, 0.3) is 0 Å². The van der Waals surface area contributed by atoms with Crippen molar-refractivity contribution >= 4 is 31.6 Å². The van der Waals surface area contributed by atoms with Crippen LogP contribution < -0.4 is 0 Å². The standard InChI is InChI=1S/C12H17NO4S3/c1-13(10-7-8-19(14,15)9-10)20(16,17)12-5-3-11(18-2)4-6-12/h3-6,10H,7-9H2,1-2H3. The number of hydrogen-bond acceptors (Lipinski definition) is 5. The summed E-state index contributed by atoms with van der Waals surface area (Å²) < 4.78 is 49.0. The van der Waals surface area contributed by atoms with E-state index in [4.69, 9.17) is 0 Å². The van der Waals surface area contributed by atoms with Crippen LogP contribution in [-0.2, 0) is 19.9 Å². The van der Waals surface area contributed by atoms with E-state index in [1.807, 2.05) is 6.26 Å². The van der Waals surface area contributed by atoms with E-state index < -0.39 is 25.9 Å². The van der Waals surface area contributed by atoms with Crippen molar-refractivity contribution in [3.05, 3.63) is 24.3 Å². The Bertz CT molecular complexity index is 680. The molecule has 0 spiro atoms. The van der Waals surface area contributed by atoms with Crippen LogP contribution in [0.25, 0.3) is 0 Å². The van der Waals surface area contributed by atoms with Gasteiger partial charge in [0.2, 0.25) is 10.0 Å². The molecule has 1 aromatic rings. The fraction of sp³-hybridized carbons (Fsp3) is 0.500. The van der Waals surface area contributed by atoms with E-state index in [0.717, 1.165) is 4.90 Å². The summed E-state index contributed by atoms with van der Waals surface area (Å²) in [4.78, 5) is 1.18. The fourth-order valence-corrected chi connectivity index (χ4v) is 5.83. The van der Waals surface area contributed by atoms with Gasteiger partial charge in [0, 0.05) is 18.0 Å². The number of nitrogens with zero attached hydrogens (tertiary/aromatic N) is 1. The van der Waals surface area contributed by atoms with E-state index in [2.05, 4.69) is 0 Å². The predicted molar refractivity (Wildman–Crippen MR) is 80.2 cm³/mol. The smallest absolute Gasteiger partial charge is 0.229 e. The summed E-state index contributed by atoms with van der Waals surface area (Å²) in [6, 6.07) is 6.14. The monoisotopic (exact) mass is 335 g/mol. The Kier molecular flexibility index (Phi) is 4.48. The first-order valence-corrected chi connectivity index (χ1v) is 10.6. The summed E-state index contributed by atoms with van der Waals surface area (Å²) in [7, 11) is -5.29. The van der Waals surface area contributed by atoms with Crippen molar-refractivity contribution < 1.29 is 16.8 Å². The molecule has 0 radical (unpaired) electrons. The highest BCUT2D eigenvalue weighted by atomic mass is 32.2. The van der Waals surface area contributed by atoms with Gasteiger partial charge in [-0.1, -0.05) is 0 Å². The van der Waals surface area contributed by atoms with Gasteiger partial charge in [-0.15, -0.1) is 11.8 Å². The van der Waals surface area contributed by atoms with Crippen LogP contribution in [0.5, 0.6) is 0 Å². The summed E-state index contributed by atoms with van der Waals surface area (Å²) in [5.41, 5.74) is 0. The van der Waals surface area contributed by atoms with Crippen molar-refractivity contribution in [2.75, 3.05) is 24.8 Å². The highest BCUT2D eigenvalue weighted by Gasteiger charge is 2.36. The number of sulfonamides is 1. The van der Waals surface area contributed by atoms with Crippen molar-refractivity contribution in [3.63, 3.8) is 0 Å². The molecule has 1 atom stereocenters. The van der Waals surface area contributed by atoms with E-state index in [-0.39, 0.29) is 16.4 Å². The van der Waals surface area contributed by atoms with Crippen LogP contribution in [0.15, 0.2) is 34.1 Å². The van der Waals surface area contributed by atoms with Crippen LogP contribution >= 0.6 is 11.8 Å². The van der Waals surface area contributed by atoms with Crippen molar-refractivity contribution in [3.8, 4) is 0 Å². The second kappa shape index (κ2) is 5.67. The van der Waals surface area contributed by atoms with Gasteiger partial charge in [0.15, 0.2) is 9.84 Å². The highest BCUT2D eigenvalue weighted by molar-refractivity contribution is 7.98. The molecule has 20 heavy (non-hydrogen) atoms. The van der Waals surface area contributed by atoms with Crippen LogP contribution in [0, 0.1) is 0 Å². The molecule has 1 saturated heterocycles. The van der Waals surface area contributed by atoms with Crippen molar-refractivity contribution in [1.82, 2.24) is 4.31 Å². The van der Waals surface area contributed by atoms with Gasteiger partial charge in [-0.25, -0.2) is 16.8 Å². The molecule has 0 aromatic heterocycles. The van der Waals surface area contributed by atoms with Gasteiger partial charge >= 0.3 is 0 Å². The van der Waals surface area contributed by atoms with Gasteiger partial charge in [0.1, 0.15) is 0 Å². The van der Waals surface area contributed by atoms with E-state index in [1.54, 1.807) is 24.3 Å². The molecule has 1 unspecified atom stereocenters. The molecule has 1 aliphatic heterocycles. The zero-order valence-corrected chi connectivity index (χ0v) is 13.8. The molecule has 2 rings (SSSR count). The molecule has 5 nitrogen and oxygen atoms in total. The van der Waals surface area contributed by atoms with E-state index in [0.29, 0.717) is 6.42 Å². The summed E-state index contributed by atoms with van der Waals surface area (Å²) in [6.07, 6.45) is 2.28. The van der Waals surface area contributed by atoms with Crippen LogP contribution in [0.3, 0.4) is 0 Å². The lowest BCUT2D eigenvalue weighted by atomic mass is 10.3. The molecule has 8 heteroatoms. The van der Waals surface area contributed by atoms with Crippen LogP contribution in [0.4, 0.5) is 0 Å². The Morgan fingerprint density at radius 3 is 2.30 bits per heavy atom. The van der Waals surface area contributed by atoms with Crippen molar-refractivity contribution in [2.24, 2.45) is 0 Å². The van der Waals surface area contributed by atoms with Gasteiger partial charge in [-0.05, 0) is 36.9 Å². The Morgan fingerprint density at radius 2 is 1.85 bits per heavy atom. The number of sulfone groups is 1. The average Bonchev–Trinajstić information content (AvgIpc) is 2.78. The minimum atomic E-state index is -3.64. The molecule has 1 heterocycles. The fourth-order valence-electron chi connectivity index (χ4n) is 2.17. The number of rotatable bonds is 4. The zero-order valence-electron chi connectivity index (χ0n) is 11.3. The lowest BCUT2D eigenvalue weighted by Crippen LogP contribution is -2.37. The van der Waals surface area contributed by atoms with Crippen LogP contribution in [0.2, 0.25) is 0 Å². The topological polar surface area (TPSA) is 71.5 Å². The largest absolute Gasteiger partial charge is 0.243 e. The first-order chi connectivity index (χ1) is 9.26. The normalized spacial score (nSPS) is 22.2.